The zero-order valence-corrected chi connectivity index (χ0v) is 13.6. The van der Waals surface area contributed by atoms with Crippen LogP contribution < -0.4 is 0 Å². The fourth-order valence-electron chi connectivity index (χ4n) is 3.07. The van der Waals surface area contributed by atoms with E-state index < -0.39 is 61.2 Å². The zero-order chi connectivity index (χ0) is 17.3. The highest BCUT2D eigenvalue weighted by atomic mass is 16.7. The third kappa shape index (κ3) is 4.02. The van der Waals surface area contributed by atoms with E-state index in [9.17, 15) is 25.5 Å². The Morgan fingerprint density at radius 1 is 1.09 bits per heavy atom. The Hall–Kier alpha value is -0.320. The molecule has 0 amide bonds. The van der Waals surface area contributed by atoms with Crippen molar-refractivity contribution in [3.8, 4) is 0 Å². The predicted octanol–water partition coefficient (Wildman–Crippen LogP) is -1.49. The van der Waals surface area contributed by atoms with Crippen molar-refractivity contribution in [2.24, 2.45) is 0 Å². The minimum absolute atomic E-state index is 0.0826. The molecule has 10 atom stereocenters. The third-order valence-corrected chi connectivity index (χ3v) is 4.61. The Bertz CT molecular complexity index is 376. The molecule has 2 fully saturated rings. The number of hydrogen-bond donors (Lipinski definition) is 5. The number of ether oxygens (including phenoxy) is 3. The van der Waals surface area contributed by atoms with E-state index in [1.807, 2.05) is 6.92 Å². The van der Waals surface area contributed by atoms with E-state index in [1.165, 1.54) is 6.92 Å². The van der Waals surface area contributed by atoms with Crippen LogP contribution in [0.1, 0.15) is 33.6 Å². The molecule has 2 aliphatic rings. The van der Waals surface area contributed by atoms with Crippen molar-refractivity contribution < 1.29 is 39.7 Å². The van der Waals surface area contributed by atoms with E-state index >= 15 is 0 Å². The molecule has 8 nitrogen and oxygen atoms in total. The fraction of sp³-hybridized carbons (Fsp3) is 1.00. The van der Waals surface area contributed by atoms with Crippen LogP contribution in [0.3, 0.4) is 0 Å². The van der Waals surface area contributed by atoms with Crippen LogP contribution in [0.25, 0.3) is 0 Å². The third-order valence-electron chi connectivity index (χ3n) is 4.61. The van der Waals surface area contributed by atoms with Crippen molar-refractivity contribution in [3.63, 3.8) is 0 Å². The molecule has 10 unspecified atom stereocenters. The molecule has 0 saturated carbocycles. The Morgan fingerprint density at radius 2 is 1.74 bits per heavy atom. The minimum Gasteiger partial charge on any atom is -0.391 e. The molecule has 0 bridgehead atoms. The molecule has 5 N–H and O–H groups in total. The van der Waals surface area contributed by atoms with Gasteiger partial charge in [-0.1, -0.05) is 6.92 Å². The highest BCUT2D eigenvalue weighted by molar-refractivity contribution is 4.93. The summed E-state index contributed by atoms with van der Waals surface area (Å²) < 4.78 is 16.8. The summed E-state index contributed by atoms with van der Waals surface area (Å²) in [6.07, 6.45) is -8.83. The molecular weight excluding hydrogens is 308 g/mol. The summed E-state index contributed by atoms with van der Waals surface area (Å²) in [6.45, 7) is 5.03. The monoisotopic (exact) mass is 336 g/mol. The van der Waals surface area contributed by atoms with Crippen molar-refractivity contribution in [1.29, 1.82) is 0 Å². The van der Waals surface area contributed by atoms with E-state index in [1.54, 1.807) is 6.92 Å². The second-order valence-electron chi connectivity index (χ2n) is 6.45. The molecule has 0 radical (unpaired) electrons. The first-order valence-electron chi connectivity index (χ1n) is 8.13. The summed E-state index contributed by atoms with van der Waals surface area (Å²) in [5.74, 6) is 0. The Kier molecular flexibility index (Phi) is 6.37. The van der Waals surface area contributed by atoms with Gasteiger partial charge in [0.2, 0.25) is 0 Å². The Labute approximate surface area is 135 Å². The molecular formula is C15H28O8. The standard InChI is InChI=1S/C15H28O8/c1-4-9-14(13(20)11(18)7(3)21-9)23-15-12(19)8(17)5-10(22-15)6(2)16/h6-20H,4-5H2,1-3H3. The average molecular weight is 336 g/mol. The molecule has 23 heavy (non-hydrogen) atoms. The maximum absolute atomic E-state index is 10.3. The minimum atomic E-state index is -1.31. The van der Waals surface area contributed by atoms with Crippen molar-refractivity contribution >= 4 is 0 Å². The van der Waals surface area contributed by atoms with Crippen molar-refractivity contribution in [3.05, 3.63) is 0 Å². The lowest BCUT2D eigenvalue weighted by Gasteiger charge is -2.45. The van der Waals surface area contributed by atoms with Gasteiger partial charge in [-0.2, -0.15) is 0 Å². The molecule has 0 aliphatic carbocycles. The fourth-order valence-corrected chi connectivity index (χ4v) is 3.07. The quantitative estimate of drug-likeness (QED) is 0.420. The Balaban J connectivity index is 2.10. The molecule has 0 aromatic heterocycles. The first-order chi connectivity index (χ1) is 10.8. The van der Waals surface area contributed by atoms with Crippen LogP contribution in [0.15, 0.2) is 0 Å². The summed E-state index contributed by atoms with van der Waals surface area (Å²) in [7, 11) is 0. The molecule has 2 rings (SSSR count). The van der Waals surface area contributed by atoms with Crippen LogP contribution in [0.4, 0.5) is 0 Å². The topological polar surface area (TPSA) is 129 Å². The molecule has 2 aliphatic heterocycles. The number of aliphatic hydroxyl groups excluding tert-OH is 5. The van der Waals surface area contributed by atoms with E-state index in [-0.39, 0.29) is 6.42 Å². The summed E-state index contributed by atoms with van der Waals surface area (Å²) in [5, 5.41) is 49.9. The van der Waals surface area contributed by atoms with Crippen molar-refractivity contribution in [2.45, 2.75) is 94.8 Å². The highest BCUT2D eigenvalue weighted by Crippen LogP contribution is 2.30. The van der Waals surface area contributed by atoms with E-state index in [0.29, 0.717) is 6.42 Å². The van der Waals surface area contributed by atoms with Gasteiger partial charge >= 0.3 is 0 Å². The van der Waals surface area contributed by atoms with Crippen LogP contribution in [-0.2, 0) is 14.2 Å². The first kappa shape index (κ1) is 19.0. The van der Waals surface area contributed by atoms with Gasteiger partial charge < -0.3 is 39.7 Å². The van der Waals surface area contributed by atoms with Crippen LogP contribution in [-0.4, -0.2) is 86.8 Å². The lowest BCUT2D eigenvalue weighted by molar-refractivity contribution is -0.327. The van der Waals surface area contributed by atoms with E-state index in [4.69, 9.17) is 14.2 Å². The van der Waals surface area contributed by atoms with Gasteiger partial charge in [0.15, 0.2) is 6.29 Å². The van der Waals surface area contributed by atoms with Crippen molar-refractivity contribution in [2.75, 3.05) is 0 Å². The van der Waals surface area contributed by atoms with E-state index in [2.05, 4.69) is 0 Å². The largest absolute Gasteiger partial charge is 0.391 e. The van der Waals surface area contributed by atoms with Crippen molar-refractivity contribution in [1.82, 2.24) is 0 Å². The molecule has 0 spiro atoms. The second kappa shape index (κ2) is 7.71. The lowest BCUT2D eigenvalue weighted by Crippen LogP contribution is -2.61. The van der Waals surface area contributed by atoms with Crippen LogP contribution in [0.5, 0.6) is 0 Å². The zero-order valence-electron chi connectivity index (χ0n) is 13.6. The predicted molar refractivity (Wildman–Crippen MR) is 78.5 cm³/mol. The number of aliphatic hydroxyl groups is 5. The molecule has 8 heteroatoms. The van der Waals surface area contributed by atoms with E-state index in [0.717, 1.165) is 0 Å². The lowest BCUT2D eigenvalue weighted by atomic mass is 9.93. The maximum Gasteiger partial charge on any atom is 0.187 e. The molecule has 2 heterocycles. The maximum atomic E-state index is 10.3. The van der Waals surface area contributed by atoms with Gasteiger partial charge in [0.1, 0.15) is 24.4 Å². The van der Waals surface area contributed by atoms with Gasteiger partial charge in [-0.3, -0.25) is 0 Å². The second-order valence-corrected chi connectivity index (χ2v) is 6.45. The van der Waals surface area contributed by atoms with Crippen LogP contribution >= 0.6 is 0 Å². The smallest absolute Gasteiger partial charge is 0.187 e. The molecule has 136 valence electrons. The van der Waals surface area contributed by atoms with Gasteiger partial charge in [-0.25, -0.2) is 0 Å². The van der Waals surface area contributed by atoms with Gasteiger partial charge in [-0.05, 0) is 20.3 Å². The average Bonchev–Trinajstić information content (AvgIpc) is 2.51. The highest BCUT2D eigenvalue weighted by Gasteiger charge is 2.47. The van der Waals surface area contributed by atoms with Gasteiger partial charge in [0.25, 0.3) is 0 Å². The van der Waals surface area contributed by atoms with Gasteiger partial charge in [-0.15, -0.1) is 0 Å². The summed E-state index contributed by atoms with van der Waals surface area (Å²) in [4.78, 5) is 0. The summed E-state index contributed by atoms with van der Waals surface area (Å²) in [5.41, 5.74) is 0. The number of hydrogen-bond acceptors (Lipinski definition) is 8. The van der Waals surface area contributed by atoms with Gasteiger partial charge in [0, 0.05) is 6.42 Å². The molecule has 0 aromatic rings. The number of rotatable bonds is 4. The normalized spacial score (nSPS) is 49.8. The SMILES string of the molecule is CCC1OC(C)C(O)C(O)C1OC1OC(C(C)O)CC(O)C1O. The molecule has 0 aromatic carbocycles. The van der Waals surface area contributed by atoms with Gasteiger partial charge in [0.05, 0.1) is 30.5 Å². The molecule has 2 saturated heterocycles. The Morgan fingerprint density at radius 3 is 2.30 bits per heavy atom. The first-order valence-corrected chi connectivity index (χ1v) is 8.13. The summed E-state index contributed by atoms with van der Waals surface area (Å²) in [6, 6.07) is 0. The van der Waals surface area contributed by atoms with Crippen LogP contribution in [0.2, 0.25) is 0 Å². The van der Waals surface area contributed by atoms with Crippen LogP contribution in [0, 0.1) is 0 Å². The summed E-state index contributed by atoms with van der Waals surface area (Å²) >= 11 is 0.